The number of aryl methyl sites for hydroxylation is 2. The maximum absolute atomic E-state index is 12.3. The van der Waals surface area contributed by atoms with Crippen LogP contribution in [-0.2, 0) is 18.4 Å². The second-order valence-corrected chi connectivity index (χ2v) is 7.27. The monoisotopic (exact) mass is 348 g/mol. The molecule has 1 N–H and O–H groups in total. The van der Waals surface area contributed by atoms with Gasteiger partial charge < -0.3 is 15.1 Å². The summed E-state index contributed by atoms with van der Waals surface area (Å²) < 4.78 is 1.97. The number of carbonyl (C=O) groups excluding carboxylic acids is 1. The molecule has 0 atom stereocenters. The highest BCUT2D eigenvalue weighted by molar-refractivity contribution is 5.76. The summed E-state index contributed by atoms with van der Waals surface area (Å²) in [5.74, 6) is 0.311. The molecule has 140 valence electrons. The molecule has 2 fully saturated rings. The average molecular weight is 348 g/mol. The Morgan fingerprint density at radius 3 is 2.28 bits per heavy atom. The van der Waals surface area contributed by atoms with Gasteiger partial charge in [-0.15, -0.1) is 0 Å². The Bertz CT molecular complexity index is 585. The fraction of sp³-hybridized carbons (Fsp3) is 0.778. The molecule has 1 aromatic heterocycles. The van der Waals surface area contributed by atoms with Gasteiger partial charge in [-0.3, -0.25) is 14.4 Å². The molecule has 0 aliphatic carbocycles. The zero-order valence-electron chi connectivity index (χ0n) is 15.9. The fourth-order valence-corrected chi connectivity index (χ4v) is 3.77. The molecule has 2 aliphatic rings. The van der Waals surface area contributed by atoms with Gasteiger partial charge in [0.15, 0.2) is 0 Å². The van der Waals surface area contributed by atoms with Crippen molar-refractivity contribution < 1.29 is 4.79 Å². The van der Waals surface area contributed by atoms with Gasteiger partial charge in [-0.05, 0) is 13.8 Å². The third-order valence-corrected chi connectivity index (χ3v) is 5.62. The van der Waals surface area contributed by atoms with E-state index in [2.05, 4.69) is 34.1 Å². The van der Waals surface area contributed by atoms with Crippen LogP contribution in [0.25, 0.3) is 0 Å². The summed E-state index contributed by atoms with van der Waals surface area (Å²) in [7, 11) is 2.01. The Labute approximate surface area is 150 Å². The van der Waals surface area contributed by atoms with Crippen molar-refractivity contribution in [1.82, 2.24) is 29.8 Å². The first kappa shape index (κ1) is 18.4. The highest BCUT2D eigenvalue weighted by atomic mass is 16.2. The molecule has 3 rings (SSSR count). The Balaban J connectivity index is 1.40. The van der Waals surface area contributed by atoms with Crippen molar-refractivity contribution in [1.29, 1.82) is 0 Å². The molecule has 0 saturated carbocycles. The van der Waals surface area contributed by atoms with Gasteiger partial charge in [0.25, 0.3) is 0 Å². The Morgan fingerprint density at radius 1 is 1.04 bits per heavy atom. The Morgan fingerprint density at radius 2 is 1.68 bits per heavy atom. The number of hydrogen-bond acceptors (Lipinski definition) is 5. The first-order valence-electron chi connectivity index (χ1n) is 9.47. The van der Waals surface area contributed by atoms with Gasteiger partial charge in [-0.1, -0.05) is 0 Å². The van der Waals surface area contributed by atoms with Gasteiger partial charge >= 0.3 is 0 Å². The van der Waals surface area contributed by atoms with Crippen LogP contribution in [0.5, 0.6) is 0 Å². The van der Waals surface area contributed by atoms with E-state index in [4.69, 9.17) is 0 Å². The van der Waals surface area contributed by atoms with Crippen molar-refractivity contribution in [2.75, 3.05) is 58.9 Å². The van der Waals surface area contributed by atoms with E-state index in [1.165, 1.54) is 11.3 Å². The van der Waals surface area contributed by atoms with Gasteiger partial charge in [0.05, 0.1) is 5.69 Å². The van der Waals surface area contributed by atoms with Gasteiger partial charge in [0.1, 0.15) is 0 Å². The largest absolute Gasteiger partial charge is 0.340 e. The van der Waals surface area contributed by atoms with Gasteiger partial charge in [-0.25, -0.2) is 0 Å². The van der Waals surface area contributed by atoms with Crippen LogP contribution in [0.2, 0.25) is 0 Å². The Hall–Kier alpha value is -1.44. The molecule has 1 aromatic rings. The Kier molecular flexibility index (Phi) is 6.09. The van der Waals surface area contributed by atoms with Crippen molar-refractivity contribution in [2.45, 2.75) is 26.8 Å². The van der Waals surface area contributed by atoms with Crippen LogP contribution in [0.3, 0.4) is 0 Å². The standard InChI is InChI=1S/C18H32N6O/c1-15-17(16(2)21(3)20-15)14-23-12-10-22(11-13-23)7-4-18(25)24-8-5-19-6-9-24/h19H,4-14H2,1-3H3. The lowest BCUT2D eigenvalue weighted by Crippen LogP contribution is -2.49. The number of amides is 1. The molecule has 0 aromatic carbocycles. The van der Waals surface area contributed by atoms with Crippen molar-refractivity contribution in [3.05, 3.63) is 17.0 Å². The van der Waals surface area contributed by atoms with E-state index >= 15 is 0 Å². The first-order chi connectivity index (χ1) is 12.0. The quantitative estimate of drug-likeness (QED) is 0.810. The zero-order valence-corrected chi connectivity index (χ0v) is 15.9. The van der Waals surface area contributed by atoms with E-state index in [1.54, 1.807) is 0 Å². The third kappa shape index (κ3) is 4.59. The van der Waals surface area contributed by atoms with E-state index in [0.717, 1.165) is 71.1 Å². The van der Waals surface area contributed by atoms with Gasteiger partial charge in [0, 0.05) is 90.2 Å². The molecule has 7 heteroatoms. The predicted molar refractivity (Wildman–Crippen MR) is 98.5 cm³/mol. The minimum atomic E-state index is 0.311. The summed E-state index contributed by atoms with van der Waals surface area (Å²) in [6.07, 6.45) is 0.654. The lowest BCUT2D eigenvalue weighted by Gasteiger charge is -2.35. The van der Waals surface area contributed by atoms with E-state index in [9.17, 15) is 4.79 Å². The number of nitrogens with zero attached hydrogens (tertiary/aromatic N) is 5. The molecular weight excluding hydrogens is 316 g/mol. The summed E-state index contributed by atoms with van der Waals surface area (Å²) in [5.41, 5.74) is 3.77. The fourth-order valence-electron chi connectivity index (χ4n) is 3.77. The number of piperazine rings is 2. The smallest absolute Gasteiger partial charge is 0.223 e. The second-order valence-electron chi connectivity index (χ2n) is 7.27. The molecule has 2 saturated heterocycles. The molecule has 7 nitrogen and oxygen atoms in total. The number of nitrogens with one attached hydrogen (secondary N) is 1. The molecule has 0 radical (unpaired) electrons. The number of hydrogen-bond donors (Lipinski definition) is 1. The SMILES string of the molecule is Cc1nn(C)c(C)c1CN1CCN(CCC(=O)N2CCNCC2)CC1. The van der Waals surface area contributed by atoms with Crippen molar-refractivity contribution in [3.63, 3.8) is 0 Å². The highest BCUT2D eigenvalue weighted by Crippen LogP contribution is 2.16. The summed E-state index contributed by atoms with van der Waals surface area (Å²) >= 11 is 0. The summed E-state index contributed by atoms with van der Waals surface area (Å²) in [4.78, 5) is 19.2. The van der Waals surface area contributed by atoms with Crippen molar-refractivity contribution >= 4 is 5.91 Å². The summed E-state index contributed by atoms with van der Waals surface area (Å²) in [6.45, 7) is 13.9. The maximum Gasteiger partial charge on any atom is 0.223 e. The van der Waals surface area contributed by atoms with Crippen LogP contribution in [-0.4, -0.2) is 89.3 Å². The van der Waals surface area contributed by atoms with Crippen LogP contribution < -0.4 is 5.32 Å². The molecule has 25 heavy (non-hydrogen) atoms. The van der Waals surface area contributed by atoms with Gasteiger partial charge in [-0.2, -0.15) is 5.10 Å². The highest BCUT2D eigenvalue weighted by Gasteiger charge is 2.21. The van der Waals surface area contributed by atoms with E-state index in [1.807, 2.05) is 16.6 Å². The van der Waals surface area contributed by atoms with Crippen LogP contribution in [0.15, 0.2) is 0 Å². The summed E-state index contributed by atoms with van der Waals surface area (Å²) in [5, 5.41) is 7.81. The molecule has 0 unspecified atom stereocenters. The molecule has 2 aliphatic heterocycles. The van der Waals surface area contributed by atoms with Crippen LogP contribution in [0, 0.1) is 13.8 Å². The average Bonchev–Trinajstić information content (AvgIpc) is 2.87. The van der Waals surface area contributed by atoms with Crippen molar-refractivity contribution in [3.8, 4) is 0 Å². The van der Waals surface area contributed by atoms with Crippen LogP contribution in [0.1, 0.15) is 23.4 Å². The predicted octanol–water partition coefficient (Wildman–Crippen LogP) is -0.0236. The maximum atomic E-state index is 12.3. The van der Waals surface area contributed by atoms with Crippen LogP contribution >= 0.6 is 0 Å². The number of carbonyl (C=O) groups is 1. The van der Waals surface area contributed by atoms with E-state index in [-0.39, 0.29) is 0 Å². The topological polar surface area (TPSA) is 56.6 Å². The first-order valence-corrected chi connectivity index (χ1v) is 9.47. The lowest BCUT2D eigenvalue weighted by atomic mass is 10.1. The van der Waals surface area contributed by atoms with Crippen LogP contribution in [0.4, 0.5) is 0 Å². The van der Waals surface area contributed by atoms with Crippen molar-refractivity contribution in [2.24, 2.45) is 7.05 Å². The number of aromatic nitrogens is 2. The minimum Gasteiger partial charge on any atom is -0.340 e. The summed E-state index contributed by atoms with van der Waals surface area (Å²) in [6, 6.07) is 0. The van der Waals surface area contributed by atoms with Gasteiger partial charge in [0.2, 0.25) is 5.91 Å². The second kappa shape index (κ2) is 8.29. The number of rotatable bonds is 5. The molecule has 3 heterocycles. The molecule has 0 spiro atoms. The minimum absolute atomic E-state index is 0.311. The van der Waals surface area contributed by atoms with E-state index < -0.39 is 0 Å². The zero-order chi connectivity index (χ0) is 17.8. The molecule has 1 amide bonds. The third-order valence-electron chi connectivity index (χ3n) is 5.62. The molecule has 0 bridgehead atoms. The molecular formula is C18H32N6O. The normalized spacial score (nSPS) is 20.2. The lowest BCUT2D eigenvalue weighted by molar-refractivity contribution is -0.132. The van der Waals surface area contributed by atoms with E-state index in [0.29, 0.717) is 12.3 Å².